The van der Waals surface area contributed by atoms with E-state index in [0.717, 1.165) is 5.69 Å². The highest BCUT2D eigenvalue weighted by Crippen LogP contribution is 2.24. The third kappa shape index (κ3) is 4.75. The fourth-order valence-corrected chi connectivity index (χ4v) is 3.81. The van der Waals surface area contributed by atoms with E-state index in [1.165, 1.54) is 30.3 Å². The van der Waals surface area contributed by atoms with Gasteiger partial charge in [-0.05, 0) is 36.4 Å². The molecule has 2 aromatic carbocycles. The van der Waals surface area contributed by atoms with E-state index >= 15 is 0 Å². The second kappa shape index (κ2) is 8.51. The van der Waals surface area contributed by atoms with E-state index in [9.17, 15) is 18.0 Å². The average molecular weight is 455 g/mol. The van der Waals surface area contributed by atoms with Crippen molar-refractivity contribution in [2.24, 2.45) is 0 Å². The molecule has 2 heterocycles. The molecule has 0 aliphatic carbocycles. The Labute approximate surface area is 181 Å². The molecule has 0 spiro atoms. The van der Waals surface area contributed by atoms with Gasteiger partial charge in [-0.1, -0.05) is 0 Å². The summed E-state index contributed by atoms with van der Waals surface area (Å²) in [6.07, 6.45) is 4.46. The molecule has 0 saturated carbocycles. The van der Waals surface area contributed by atoms with Crippen LogP contribution in [0.2, 0.25) is 0 Å². The lowest BCUT2D eigenvalue weighted by molar-refractivity contribution is -0.138. The number of carboxylic acids is 1. The molecule has 1 amide bonds. The van der Waals surface area contributed by atoms with Gasteiger partial charge in [0.1, 0.15) is 10.6 Å². The Morgan fingerprint density at radius 3 is 2.59 bits per heavy atom. The molecule has 164 valence electrons. The van der Waals surface area contributed by atoms with Gasteiger partial charge >= 0.3 is 16.1 Å². The van der Waals surface area contributed by atoms with Crippen molar-refractivity contribution in [2.45, 2.75) is 17.7 Å². The predicted octanol–water partition coefficient (Wildman–Crippen LogP) is 2.32. The Hall–Kier alpha value is -4.19. The SMILES string of the molecule is O=C(O)CCC(=O)Nc1nc2ccc(OS(=O)(=O)c3ccc(-n4ccnc4)cc3)cc2[nH]1. The summed E-state index contributed by atoms with van der Waals surface area (Å²) in [5.41, 5.74) is 1.65. The number of nitrogens with zero attached hydrogens (tertiary/aromatic N) is 3. The number of carbonyl (C=O) groups is 2. The molecule has 0 radical (unpaired) electrons. The summed E-state index contributed by atoms with van der Waals surface area (Å²) >= 11 is 0. The number of hydrogen-bond acceptors (Lipinski definition) is 7. The Balaban J connectivity index is 1.48. The van der Waals surface area contributed by atoms with Gasteiger partial charge in [0.05, 0.1) is 23.8 Å². The minimum atomic E-state index is -4.08. The van der Waals surface area contributed by atoms with E-state index in [2.05, 4.69) is 20.3 Å². The smallest absolute Gasteiger partial charge is 0.339 e. The number of anilines is 1. The Morgan fingerprint density at radius 2 is 1.91 bits per heavy atom. The van der Waals surface area contributed by atoms with Crippen molar-refractivity contribution in [1.29, 1.82) is 0 Å². The van der Waals surface area contributed by atoms with E-state index in [0.29, 0.717) is 11.0 Å². The van der Waals surface area contributed by atoms with Gasteiger partial charge in [-0.2, -0.15) is 8.42 Å². The van der Waals surface area contributed by atoms with Gasteiger partial charge in [-0.15, -0.1) is 0 Å². The maximum Gasteiger partial charge on any atom is 0.339 e. The molecule has 0 aliphatic rings. The van der Waals surface area contributed by atoms with Crippen LogP contribution in [-0.2, 0) is 19.7 Å². The van der Waals surface area contributed by atoms with Gasteiger partial charge in [0.15, 0.2) is 0 Å². The number of fused-ring (bicyclic) bond motifs is 1. The van der Waals surface area contributed by atoms with E-state index in [-0.39, 0.29) is 29.4 Å². The quantitative estimate of drug-likeness (QED) is 0.342. The summed E-state index contributed by atoms with van der Waals surface area (Å²) in [7, 11) is -4.08. The molecule has 0 aliphatic heterocycles. The molecule has 4 rings (SSSR count). The highest BCUT2D eigenvalue weighted by molar-refractivity contribution is 7.87. The molecular formula is C20H17N5O6S. The minimum Gasteiger partial charge on any atom is -0.481 e. The Morgan fingerprint density at radius 1 is 1.12 bits per heavy atom. The van der Waals surface area contributed by atoms with Crippen molar-refractivity contribution in [3.05, 3.63) is 61.2 Å². The molecular weight excluding hydrogens is 438 g/mol. The van der Waals surface area contributed by atoms with Crippen LogP contribution in [0, 0.1) is 0 Å². The number of hydrogen-bond donors (Lipinski definition) is 3. The third-order valence-corrected chi connectivity index (χ3v) is 5.67. The number of aromatic nitrogens is 4. The van der Waals surface area contributed by atoms with Crippen LogP contribution in [0.4, 0.5) is 5.95 Å². The van der Waals surface area contributed by atoms with E-state index in [4.69, 9.17) is 9.29 Å². The summed E-state index contributed by atoms with van der Waals surface area (Å²) in [6.45, 7) is 0. The van der Waals surface area contributed by atoms with Gasteiger partial charge in [0.25, 0.3) is 0 Å². The molecule has 0 fully saturated rings. The first-order valence-corrected chi connectivity index (χ1v) is 10.8. The van der Waals surface area contributed by atoms with Crippen LogP contribution in [0.1, 0.15) is 12.8 Å². The monoisotopic (exact) mass is 455 g/mol. The third-order valence-electron chi connectivity index (χ3n) is 4.41. The molecule has 0 atom stereocenters. The number of benzene rings is 2. The second-order valence-electron chi connectivity index (χ2n) is 6.71. The summed E-state index contributed by atoms with van der Waals surface area (Å²) < 4.78 is 32.3. The van der Waals surface area contributed by atoms with Crippen molar-refractivity contribution < 1.29 is 27.3 Å². The van der Waals surface area contributed by atoms with E-state index in [1.54, 1.807) is 35.4 Å². The summed E-state index contributed by atoms with van der Waals surface area (Å²) in [4.78, 5) is 33.2. The van der Waals surface area contributed by atoms with Crippen molar-refractivity contribution in [3.8, 4) is 11.4 Å². The normalized spacial score (nSPS) is 11.4. The number of carboxylic acid groups (broad SMARTS) is 1. The molecule has 4 aromatic rings. The minimum absolute atomic E-state index is 0.0162. The average Bonchev–Trinajstić information content (AvgIpc) is 3.41. The predicted molar refractivity (Wildman–Crippen MR) is 113 cm³/mol. The lowest BCUT2D eigenvalue weighted by atomic mass is 10.3. The maximum absolute atomic E-state index is 12.6. The second-order valence-corrected chi connectivity index (χ2v) is 8.25. The molecule has 11 nitrogen and oxygen atoms in total. The largest absolute Gasteiger partial charge is 0.481 e. The van der Waals surface area contributed by atoms with Crippen LogP contribution in [-0.4, -0.2) is 44.9 Å². The highest BCUT2D eigenvalue weighted by atomic mass is 32.2. The fraction of sp³-hybridized carbons (Fsp3) is 0.100. The highest BCUT2D eigenvalue weighted by Gasteiger charge is 2.18. The fourth-order valence-electron chi connectivity index (χ4n) is 2.89. The van der Waals surface area contributed by atoms with Crippen LogP contribution in [0.5, 0.6) is 5.75 Å². The van der Waals surface area contributed by atoms with E-state index < -0.39 is 22.0 Å². The molecule has 0 saturated heterocycles. The Bertz CT molecular complexity index is 1380. The first-order valence-electron chi connectivity index (χ1n) is 9.34. The van der Waals surface area contributed by atoms with Crippen LogP contribution in [0.3, 0.4) is 0 Å². The Kier molecular flexibility index (Phi) is 5.60. The summed E-state index contributed by atoms with van der Waals surface area (Å²) in [5, 5.41) is 11.1. The zero-order valence-corrected chi connectivity index (χ0v) is 17.2. The summed E-state index contributed by atoms with van der Waals surface area (Å²) in [6, 6.07) is 10.5. The number of H-pyrrole nitrogens is 1. The molecule has 2 aromatic heterocycles. The van der Waals surface area contributed by atoms with Gasteiger partial charge in [0.2, 0.25) is 11.9 Å². The lowest BCUT2D eigenvalue weighted by Crippen LogP contribution is -2.14. The molecule has 0 unspecified atom stereocenters. The number of nitrogens with one attached hydrogen (secondary N) is 2. The van der Waals surface area contributed by atoms with Crippen molar-refractivity contribution in [2.75, 3.05) is 5.32 Å². The molecule has 32 heavy (non-hydrogen) atoms. The van der Waals surface area contributed by atoms with Crippen molar-refractivity contribution in [3.63, 3.8) is 0 Å². The topological polar surface area (TPSA) is 156 Å². The van der Waals surface area contributed by atoms with Crippen LogP contribution < -0.4 is 9.50 Å². The standard InChI is InChI=1S/C20H17N5O6S/c26-18(7-8-19(27)28)24-20-22-16-6-3-14(11-17(16)23-20)31-32(29,30)15-4-1-13(2-5-15)25-10-9-21-12-25/h1-6,9-12H,7-8H2,(H,27,28)(H2,22,23,24,26). The van der Waals surface area contributed by atoms with Crippen molar-refractivity contribution in [1.82, 2.24) is 19.5 Å². The molecule has 0 bridgehead atoms. The maximum atomic E-state index is 12.6. The van der Waals surface area contributed by atoms with Crippen LogP contribution in [0.25, 0.3) is 16.7 Å². The number of amides is 1. The number of carbonyl (C=O) groups excluding carboxylic acids is 1. The van der Waals surface area contributed by atoms with Gasteiger partial charge in [-0.3, -0.25) is 14.9 Å². The summed E-state index contributed by atoms with van der Waals surface area (Å²) in [5.74, 6) is -1.41. The van der Waals surface area contributed by atoms with E-state index in [1.807, 2.05) is 0 Å². The number of aliphatic carboxylic acids is 1. The molecule has 3 N–H and O–H groups in total. The van der Waals surface area contributed by atoms with Crippen LogP contribution in [0.15, 0.2) is 66.1 Å². The first-order chi connectivity index (χ1) is 15.3. The number of aromatic amines is 1. The zero-order valence-electron chi connectivity index (χ0n) is 16.4. The van der Waals surface area contributed by atoms with Gasteiger partial charge in [-0.25, -0.2) is 9.97 Å². The zero-order chi connectivity index (χ0) is 22.7. The van der Waals surface area contributed by atoms with Gasteiger partial charge in [0, 0.05) is 30.6 Å². The lowest BCUT2D eigenvalue weighted by Gasteiger charge is -2.08. The molecule has 12 heteroatoms. The van der Waals surface area contributed by atoms with Crippen molar-refractivity contribution >= 4 is 39.0 Å². The van der Waals surface area contributed by atoms with Gasteiger partial charge < -0.3 is 18.8 Å². The number of rotatable bonds is 8. The first kappa shape index (κ1) is 21.1. The number of imidazole rings is 2. The van der Waals surface area contributed by atoms with Crippen LogP contribution >= 0.6 is 0 Å².